The van der Waals surface area contributed by atoms with Gasteiger partial charge in [-0.15, -0.1) is 94.5 Å². The topological polar surface area (TPSA) is 51.8 Å². The van der Waals surface area contributed by atoms with Crippen LogP contribution in [0, 0.1) is 18.2 Å². The number of aryl methyl sites for hydroxylation is 4. The summed E-state index contributed by atoms with van der Waals surface area (Å²) < 4.78 is 6.33. The second-order valence-corrected chi connectivity index (χ2v) is 18.0. The van der Waals surface area contributed by atoms with Crippen LogP contribution in [0.25, 0.3) is 100 Å². The average molecular weight is 1100 g/mol. The Balaban J connectivity index is 0.00000560. The molecule has 0 spiro atoms. The van der Waals surface area contributed by atoms with Crippen molar-refractivity contribution < 1.29 is 24.5 Å². The van der Waals surface area contributed by atoms with Crippen LogP contribution in [-0.2, 0) is 45.8 Å². The van der Waals surface area contributed by atoms with Gasteiger partial charge >= 0.3 is 20.1 Å². The zero-order chi connectivity index (χ0) is 47.3. The molecular weight excluding hydrogens is 1050 g/mol. The molecule has 0 aliphatic rings. The fourth-order valence-corrected chi connectivity index (χ4v) is 9.78. The predicted octanol–water partition coefficient (Wildman–Crippen LogP) is 16.4. The molecule has 0 saturated carbocycles. The number of benzene rings is 8. The molecule has 0 amide bonds. The summed E-state index contributed by atoms with van der Waals surface area (Å²) in [6.45, 7) is 0. The van der Waals surface area contributed by atoms with E-state index < -0.39 is 0 Å². The van der Waals surface area contributed by atoms with Crippen molar-refractivity contribution >= 4 is 21.9 Å². The van der Waals surface area contributed by atoms with Gasteiger partial charge in [0.1, 0.15) is 11.2 Å². The standard InChI is InChI=1S/C67H46N3O.Ir/c1-2-12-50(13-3-1)51-32-34-52(35-33-51)61-45-55(67-66-60-16-6-7-19-64(60)71-65(66)38-41-70-67)36-37-59(61)58-15-5-4-14-57(58)56-43-48(22-20-46-24-28-53(29-25-46)62-17-8-10-39-68-62)42-49(44-56)23-21-47-26-30-54(31-27-47)63-18-9-11-40-69-63;/h1-19,24-28,30,32-35,37-45H,20-23H2;/q-3;+3. The van der Waals surface area contributed by atoms with Crippen LogP contribution in [0.2, 0.25) is 0 Å². The van der Waals surface area contributed by atoms with Gasteiger partial charge in [-0.1, -0.05) is 169 Å². The molecule has 0 radical (unpaired) electrons. The van der Waals surface area contributed by atoms with Crippen molar-refractivity contribution in [3.63, 3.8) is 0 Å². The van der Waals surface area contributed by atoms with Crippen LogP contribution in [0.1, 0.15) is 22.3 Å². The zero-order valence-corrected chi connectivity index (χ0v) is 41.7. The minimum absolute atomic E-state index is 0. The number of aromatic nitrogens is 3. The van der Waals surface area contributed by atoms with Crippen LogP contribution in [0.15, 0.2) is 235 Å². The molecule has 8 aromatic carbocycles. The maximum atomic E-state index is 6.33. The minimum Gasteiger partial charge on any atom is -0.457 e. The van der Waals surface area contributed by atoms with Gasteiger partial charge in [0.15, 0.2) is 0 Å². The van der Waals surface area contributed by atoms with Crippen molar-refractivity contribution in [2.24, 2.45) is 0 Å². The monoisotopic (exact) mass is 1100 g/mol. The first kappa shape index (κ1) is 46.1. The molecule has 4 aromatic heterocycles. The Kier molecular flexibility index (Phi) is 13.4. The Morgan fingerprint density at radius 1 is 0.347 bits per heavy atom. The van der Waals surface area contributed by atoms with Crippen LogP contribution < -0.4 is 0 Å². The summed E-state index contributed by atoms with van der Waals surface area (Å²) in [5, 5.41) is 2.03. The van der Waals surface area contributed by atoms with E-state index in [1.54, 1.807) is 0 Å². The SMILES string of the molecule is [Ir+3].[c-]1cc(CCc2cc(CCc3c[c-]c(-c4ccccn4)cc3)cc(-c3ccccc3-c3c[c-]c(-c4nccc5oc6ccccc6c45)cc3-c3ccc(-c4ccccc4)cc3)c2)ccc1-c1ccccn1. The van der Waals surface area contributed by atoms with Gasteiger partial charge in [0, 0.05) is 29.4 Å². The molecule has 344 valence electrons. The van der Waals surface area contributed by atoms with Crippen LogP contribution in [0.3, 0.4) is 0 Å². The first-order valence-corrected chi connectivity index (χ1v) is 24.2. The smallest absolute Gasteiger partial charge is 0.457 e. The third-order valence-corrected chi connectivity index (χ3v) is 13.4. The van der Waals surface area contributed by atoms with E-state index in [0.29, 0.717) is 0 Å². The quantitative estimate of drug-likeness (QED) is 0.108. The number of nitrogens with zero attached hydrogens (tertiary/aromatic N) is 3. The molecule has 4 heterocycles. The molecule has 5 heteroatoms. The first-order chi connectivity index (χ1) is 35.2. The van der Waals surface area contributed by atoms with Gasteiger partial charge in [0.05, 0.1) is 0 Å². The van der Waals surface area contributed by atoms with Gasteiger partial charge in [-0.2, -0.15) is 0 Å². The van der Waals surface area contributed by atoms with E-state index in [1.807, 2.05) is 73.2 Å². The summed E-state index contributed by atoms with van der Waals surface area (Å²) in [6.07, 6.45) is 9.04. The number of pyridine rings is 3. The van der Waals surface area contributed by atoms with E-state index in [4.69, 9.17) is 9.40 Å². The number of furan rings is 1. The van der Waals surface area contributed by atoms with E-state index in [1.165, 1.54) is 44.5 Å². The fourth-order valence-electron chi connectivity index (χ4n) is 9.78. The number of hydrogen-bond acceptors (Lipinski definition) is 4. The maximum Gasteiger partial charge on any atom is 3.00 e. The van der Waals surface area contributed by atoms with Gasteiger partial charge in [-0.3, -0.25) is 0 Å². The molecule has 12 rings (SSSR count). The molecule has 12 aromatic rings. The molecule has 0 saturated heterocycles. The molecule has 0 aliphatic heterocycles. The Hall–Kier alpha value is -8.34. The maximum absolute atomic E-state index is 6.33. The van der Waals surface area contributed by atoms with Crippen molar-refractivity contribution in [1.82, 2.24) is 15.0 Å². The van der Waals surface area contributed by atoms with Crippen molar-refractivity contribution in [1.29, 1.82) is 0 Å². The fraction of sp³-hybridized carbons (Fsp3) is 0.0597. The van der Waals surface area contributed by atoms with Crippen LogP contribution in [0.4, 0.5) is 0 Å². The molecule has 0 N–H and O–H groups in total. The third-order valence-electron chi connectivity index (χ3n) is 13.4. The largest absolute Gasteiger partial charge is 3.00 e. The van der Waals surface area contributed by atoms with Crippen molar-refractivity contribution in [3.05, 3.63) is 271 Å². The third kappa shape index (κ3) is 9.74. The predicted molar refractivity (Wildman–Crippen MR) is 289 cm³/mol. The molecule has 72 heavy (non-hydrogen) atoms. The summed E-state index contributed by atoms with van der Waals surface area (Å²) >= 11 is 0. The van der Waals surface area contributed by atoms with Gasteiger partial charge in [0.25, 0.3) is 0 Å². The summed E-state index contributed by atoms with van der Waals surface area (Å²) in [5.41, 5.74) is 21.5. The molecule has 0 unspecified atom stereocenters. The molecule has 0 aliphatic carbocycles. The number of para-hydroxylation sites is 1. The van der Waals surface area contributed by atoms with E-state index in [0.717, 1.165) is 104 Å². The van der Waals surface area contributed by atoms with Crippen LogP contribution in [0.5, 0.6) is 0 Å². The summed E-state index contributed by atoms with van der Waals surface area (Å²) in [4.78, 5) is 14.1. The van der Waals surface area contributed by atoms with Gasteiger partial charge in [-0.05, 0) is 93.1 Å². The molecule has 0 atom stereocenters. The Morgan fingerprint density at radius 2 is 0.917 bits per heavy atom. The van der Waals surface area contributed by atoms with Gasteiger partial charge in [0.2, 0.25) is 0 Å². The summed E-state index contributed by atoms with van der Waals surface area (Å²) in [7, 11) is 0. The van der Waals surface area contributed by atoms with Gasteiger partial charge in [-0.25, -0.2) is 0 Å². The van der Waals surface area contributed by atoms with E-state index in [2.05, 4.69) is 186 Å². The van der Waals surface area contributed by atoms with Crippen molar-refractivity contribution in [2.45, 2.75) is 25.7 Å². The molecule has 0 fully saturated rings. The van der Waals surface area contributed by atoms with Gasteiger partial charge < -0.3 is 19.4 Å². The zero-order valence-electron chi connectivity index (χ0n) is 39.4. The van der Waals surface area contributed by atoms with E-state index in [9.17, 15) is 0 Å². The van der Waals surface area contributed by atoms with E-state index in [-0.39, 0.29) is 20.1 Å². The number of fused-ring (bicyclic) bond motifs is 3. The first-order valence-electron chi connectivity index (χ1n) is 24.2. The number of hydrogen-bond donors (Lipinski definition) is 0. The Bertz CT molecular complexity index is 3670. The normalized spacial score (nSPS) is 11.2. The number of rotatable bonds is 13. The van der Waals surface area contributed by atoms with Crippen LogP contribution in [-0.4, -0.2) is 15.0 Å². The van der Waals surface area contributed by atoms with Crippen molar-refractivity contribution in [3.8, 4) is 78.3 Å². The second kappa shape index (κ2) is 20.9. The summed E-state index contributed by atoms with van der Waals surface area (Å²) in [5.74, 6) is 0. The summed E-state index contributed by atoms with van der Waals surface area (Å²) in [6, 6.07) is 85.7. The molecule has 0 bridgehead atoms. The molecule has 4 nitrogen and oxygen atoms in total. The minimum atomic E-state index is 0. The van der Waals surface area contributed by atoms with Crippen molar-refractivity contribution in [2.75, 3.05) is 0 Å². The Morgan fingerprint density at radius 3 is 1.56 bits per heavy atom. The second-order valence-electron chi connectivity index (χ2n) is 18.0. The average Bonchev–Trinajstić information content (AvgIpc) is 3.84. The Labute approximate surface area is 434 Å². The van der Waals surface area contributed by atoms with E-state index >= 15 is 0 Å². The molecular formula is C67H46IrN3O. The van der Waals surface area contributed by atoms with Crippen LogP contribution >= 0.6 is 0 Å².